The van der Waals surface area contributed by atoms with E-state index in [-0.39, 0.29) is 31.0 Å². The number of carbonyl (C=O) groups excluding carboxylic acids is 2. The second-order valence-corrected chi connectivity index (χ2v) is 12.8. The van der Waals surface area contributed by atoms with Gasteiger partial charge >= 0.3 is 5.97 Å². The van der Waals surface area contributed by atoms with E-state index in [9.17, 15) is 27.9 Å². The van der Waals surface area contributed by atoms with Crippen LogP contribution in [0.2, 0.25) is 0 Å². The molecule has 0 aliphatic carbocycles. The third-order valence-corrected chi connectivity index (χ3v) is 9.20. The zero-order valence-corrected chi connectivity index (χ0v) is 27.2. The number of aromatic nitrogens is 4. The van der Waals surface area contributed by atoms with Gasteiger partial charge in [0.2, 0.25) is 27.7 Å². The summed E-state index contributed by atoms with van der Waals surface area (Å²) in [5.41, 5.74) is 2.12. The van der Waals surface area contributed by atoms with Crippen molar-refractivity contribution < 1.29 is 27.9 Å². The second kappa shape index (κ2) is 18.1. The topological polar surface area (TPSA) is 184 Å². The Morgan fingerprint density at radius 2 is 1.53 bits per heavy atom. The molecule has 0 fully saturated rings. The third kappa shape index (κ3) is 11.8. The minimum absolute atomic E-state index is 0.0305. The van der Waals surface area contributed by atoms with Crippen molar-refractivity contribution in [3.8, 4) is 11.4 Å². The molecule has 0 bridgehead atoms. The largest absolute Gasteiger partial charge is 0.481 e. The molecule has 2 atom stereocenters. The number of carbonyl (C=O) groups is 3. The van der Waals surface area contributed by atoms with Gasteiger partial charge in [0.25, 0.3) is 0 Å². The van der Waals surface area contributed by atoms with E-state index in [1.54, 1.807) is 43.3 Å². The lowest BCUT2D eigenvalue weighted by atomic mass is 10.00. The van der Waals surface area contributed by atoms with Crippen molar-refractivity contribution >= 4 is 42.9 Å². The van der Waals surface area contributed by atoms with E-state index >= 15 is 0 Å². The van der Waals surface area contributed by atoms with Gasteiger partial charge in [-0.15, -0.1) is 20.4 Å². The van der Waals surface area contributed by atoms with Crippen molar-refractivity contribution in [1.29, 1.82) is 0 Å². The van der Waals surface area contributed by atoms with E-state index in [0.29, 0.717) is 56.0 Å². The van der Waals surface area contributed by atoms with Crippen LogP contribution >= 0.6 is 9.39 Å². The number of hydrogen-bond donors (Lipinski definition) is 3. The van der Waals surface area contributed by atoms with Gasteiger partial charge in [-0.3, -0.25) is 18.7 Å². The third-order valence-electron chi connectivity index (χ3n) is 7.05. The molecule has 1 aromatic heterocycles. The highest BCUT2D eigenvalue weighted by Crippen LogP contribution is 2.20. The predicted molar refractivity (Wildman–Crippen MR) is 173 cm³/mol. The van der Waals surface area contributed by atoms with Gasteiger partial charge in [-0.2, -0.15) is 0 Å². The van der Waals surface area contributed by atoms with E-state index in [1.165, 1.54) is 4.31 Å². The summed E-state index contributed by atoms with van der Waals surface area (Å²) in [5, 5.41) is 30.2. The minimum atomic E-state index is -3.62. The Bertz CT molecular complexity index is 1490. The first kappa shape index (κ1) is 35.4. The number of nitrogens with one attached hydrogen (secondary N) is 2. The number of amides is 2. The summed E-state index contributed by atoms with van der Waals surface area (Å²) in [5.74, 6) is -2.11. The van der Waals surface area contributed by atoms with Crippen LogP contribution in [0.1, 0.15) is 56.3 Å². The van der Waals surface area contributed by atoms with Gasteiger partial charge in [-0.05, 0) is 53.3 Å². The number of benzene rings is 2. The van der Waals surface area contributed by atoms with Crippen LogP contribution in [0.5, 0.6) is 0 Å². The number of hydrogen-bond acceptors (Lipinski definition) is 9. The summed E-state index contributed by atoms with van der Waals surface area (Å²) >= 11 is 0. The molecular formula is C30H40N7O6PS. The summed E-state index contributed by atoms with van der Waals surface area (Å²) in [7, 11) is -1.60. The number of anilines is 1. The van der Waals surface area contributed by atoms with Crippen LogP contribution in [0.3, 0.4) is 0 Å². The molecule has 0 aliphatic rings. The summed E-state index contributed by atoms with van der Waals surface area (Å²) in [6, 6.07) is 16.1. The van der Waals surface area contributed by atoms with Crippen LogP contribution in [0, 0.1) is 12.8 Å². The maximum atomic E-state index is 13.3. The van der Waals surface area contributed by atoms with Crippen LogP contribution in [0.15, 0.2) is 54.6 Å². The van der Waals surface area contributed by atoms with Crippen molar-refractivity contribution in [2.24, 2.45) is 5.92 Å². The minimum Gasteiger partial charge on any atom is -0.481 e. The highest BCUT2D eigenvalue weighted by Gasteiger charge is 2.25. The zero-order valence-electron chi connectivity index (χ0n) is 25.3. The fourth-order valence-corrected chi connectivity index (χ4v) is 6.47. The summed E-state index contributed by atoms with van der Waals surface area (Å²) in [6.07, 6.45) is 3.96. The van der Waals surface area contributed by atoms with Gasteiger partial charge in [-0.25, -0.2) is 8.42 Å². The lowest BCUT2D eigenvalue weighted by Crippen LogP contribution is -2.36. The standard InChI is InChI=1S/C30H40N7O6PS/c1-22-32-34-28(35-33-22)24-16-14-23(15-17-24)21-27(38)31-18-10-19-37(25-11-6-5-7-12-25)45(42,43)20-9-4-2-3-8-13-26(30(40)41)29(39)36-44/h5-7,11-12,14-17,26H,2-4,8-10,13,18-21,44H2,1H3,(H,31,38)(H,36,39)(H,40,41). The molecule has 2 amide bonds. The smallest absolute Gasteiger partial charge is 0.316 e. The van der Waals surface area contributed by atoms with Gasteiger partial charge in [0.05, 0.1) is 17.9 Å². The van der Waals surface area contributed by atoms with Gasteiger partial charge in [-0.1, -0.05) is 68.1 Å². The van der Waals surface area contributed by atoms with Crippen LogP contribution < -0.4 is 14.7 Å². The molecule has 3 aromatic rings. The summed E-state index contributed by atoms with van der Waals surface area (Å²) in [6.45, 7) is 2.24. The fourth-order valence-electron chi connectivity index (χ4n) is 4.63. The molecule has 0 radical (unpaired) electrons. The Morgan fingerprint density at radius 1 is 0.889 bits per heavy atom. The Hall–Kier alpha value is -4.03. The van der Waals surface area contributed by atoms with Crippen molar-refractivity contribution in [2.45, 2.75) is 58.3 Å². The summed E-state index contributed by atoms with van der Waals surface area (Å²) < 4.78 is 28.0. The lowest BCUT2D eigenvalue weighted by Gasteiger charge is -2.24. The molecule has 0 saturated carbocycles. The number of para-hydroxylation sites is 1. The molecule has 3 N–H and O–H groups in total. The average Bonchev–Trinajstić information content (AvgIpc) is 3.03. The Balaban J connectivity index is 1.43. The van der Waals surface area contributed by atoms with E-state index in [1.807, 2.05) is 27.6 Å². The maximum Gasteiger partial charge on any atom is 0.316 e. The SMILES string of the molecule is Cc1nnc(-c2ccc(CC(=O)NCCCN(c3ccccc3)S(=O)(=O)CCCCCCCC(C(=O)O)C(=O)NP)cc2)nn1. The number of aliphatic carboxylic acids is 1. The van der Waals surface area contributed by atoms with E-state index in [0.717, 1.165) is 17.5 Å². The molecule has 0 aliphatic heterocycles. The van der Waals surface area contributed by atoms with Gasteiger partial charge in [0.1, 0.15) is 5.92 Å². The fraction of sp³-hybridized carbons (Fsp3) is 0.433. The zero-order chi connectivity index (χ0) is 32.7. The molecule has 0 saturated heterocycles. The molecule has 2 unspecified atom stereocenters. The van der Waals surface area contributed by atoms with Crippen LogP contribution in [-0.4, -0.2) is 70.5 Å². The molecule has 3 rings (SSSR count). The molecule has 1 heterocycles. The molecule has 242 valence electrons. The van der Waals surface area contributed by atoms with Gasteiger partial charge in [0.15, 0.2) is 5.82 Å². The number of aryl methyl sites for hydroxylation is 1. The summed E-state index contributed by atoms with van der Waals surface area (Å²) in [4.78, 5) is 35.5. The van der Waals surface area contributed by atoms with Crippen LogP contribution in [0.4, 0.5) is 5.69 Å². The number of rotatable bonds is 19. The number of unbranched alkanes of at least 4 members (excludes halogenated alkanes) is 4. The van der Waals surface area contributed by atoms with Crippen molar-refractivity contribution in [2.75, 3.05) is 23.1 Å². The quantitative estimate of drug-likeness (QED) is 0.0983. The molecule has 2 aromatic carbocycles. The van der Waals surface area contributed by atoms with Crippen molar-refractivity contribution in [1.82, 2.24) is 30.8 Å². The molecule has 0 spiro atoms. The van der Waals surface area contributed by atoms with Gasteiger partial charge < -0.3 is 15.5 Å². The van der Waals surface area contributed by atoms with E-state index in [4.69, 9.17) is 0 Å². The van der Waals surface area contributed by atoms with E-state index in [2.05, 4.69) is 30.8 Å². The van der Waals surface area contributed by atoms with Crippen LogP contribution in [-0.2, 0) is 30.8 Å². The van der Waals surface area contributed by atoms with Crippen LogP contribution in [0.25, 0.3) is 11.4 Å². The lowest BCUT2D eigenvalue weighted by molar-refractivity contribution is -0.146. The van der Waals surface area contributed by atoms with Gasteiger partial charge in [0, 0.05) is 18.7 Å². The number of sulfonamides is 1. The Kier molecular flexibility index (Phi) is 14.2. The average molecular weight is 658 g/mol. The number of carboxylic acids is 1. The highest BCUT2D eigenvalue weighted by molar-refractivity contribution is 7.92. The van der Waals surface area contributed by atoms with Crippen molar-refractivity contribution in [3.63, 3.8) is 0 Å². The predicted octanol–water partition coefficient (Wildman–Crippen LogP) is 3.07. The van der Waals surface area contributed by atoms with E-state index < -0.39 is 27.8 Å². The Morgan fingerprint density at radius 3 is 2.18 bits per heavy atom. The monoisotopic (exact) mass is 657 g/mol. The first-order valence-corrected chi connectivity index (χ1v) is 17.0. The van der Waals surface area contributed by atoms with Crippen molar-refractivity contribution in [3.05, 3.63) is 66.0 Å². The maximum absolute atomic E-state index is 13.3. The highest BCUT2D eigenvalue weighted by atomic mass is 32.2. The molecule has 45 heavy (non-hydrogen) atoms. The first-order valence-electron chi connectivity index (χ1n) is 14.8. The second-order valence-electron chi connectivity index (χ2n) is 10.5. The number of nitrogens with zero attached hydrogens (tertiary/aromatic N) is 5. The Labute approximate surface area is 265 Å². The molecule has 15 heteroatoms. The molecular weight excluding hydrogens is 617 g/mol. The normalized spacial score (nSPS) is 11.9. The number of carboxylic acid groups (broad SMARTS) is 1. The first-order chi connectivity index (χ1) is 21.6. The molecule has 13 nitrogen and oxygen atoms in total.